The highest BCUT2D eigenvalue weighted by molar-refractivity contribution is 6.27. The fourth-order valence-corrected chi connectivity index (χ4v) is 4.37. The number of nitrogens with one attached hydrogen (secondary N) is 1. The van der Waals surface area contributed by atoms with Gasteiger partial charge in [0, 0.05) is 38.3 Å². The summed E-state index contributed by atoms with van der Waals surface area (Å²) in [5, 5.41) is 12.4. The zero-order valence-corrected chi connectivity index (χ0v) is 18.3. The molecule has 1 atom stereocenters. The maximum Gasteiger partial charge on any atom is 0.317 e. The van der Waals surface area contributed by atoms with Crippen molar-refractivity contribution in [3.8, 4) is 6.07 Å². The highest BCUT2D eigenvalue weighted by atomic mass is 35.5. The quantitative estimate of drug-likeness (QED) is 0.715. The molecule has 1 aromatic heterocycles. The standard InChI is InChI=1S/C23H24ClN5O3/c24-10-22(30)29-14-17-3-1-2-4-18(17)20(15-29)19-9-16(11-25)12-26-21(19)13-27-23(31)28-5-7-32-8-6-28/h1-4,9,12,20H,5-8,10,13-15H2,(H,27,31)/t20-/m1/s1. The minimum Gasteiger partial charge on any atom is -0.378 e. The summed E-state index contributed by atoms with van der Waals surface area (Å²) >= 11 is 5.84. The van der Waals surface area contributed by atoms with Gasteiger partial charge in [-0.25, -0.2) is 4.79 Å². The van der Waals surface area contributed by atoms with Gasteiger partial charge in [0.15, 0.2) is 0 Å². The predicted molar refractivity (Wildman–Crippen MR) is 118 cm³/mol. The van der Waals surface area contributed by atoms with Crippen LogP contribution in [-0.2, 0) is 22.6 Å². The molecule has 166 valence electrons. The smallest absolute Gasteiger partial charge is 0.317 e. The molecule has 1 N–H and O–H groups in total. The number of alkyl halides is 1. The van der Waals surface area contributed by atoms with Crippen LogP contribution in [0.3, 0.4) is 0 Å². The predicted octanol–water partition coefficient (Wildman–Crippen LogP) is 2.21. The number of nitrogens with zero attached hydrogens (tertiary/aromatic N) is 4. The third kappa shape index (κ3) is 4.69. The first-order valence-electron chi connectivity index (χ1n) is 10.5. The molecule has 0 bridgehead atoms. The summed E-state index contributed by atoms with van der Waals surface area (Å²) in [6.07, 6.45) is 1.51. The van der Waals surface area contributed by atoms with Crippen molar-refractivity contribution in [2.75, 3.05) is 38.7 Å². The van der Waals surface area contributed by atoms with Gasteiger partial charge < -0.3 is 19.9 Å². The molecule has 0 unspecified atom stereocenters. The van der Waals surface area contributed by atoms with Crippen LogP contribution in [-0.4, -0.2) is 65.5 Å². The Morgan fingerprint density at radius 1 is 1.22 bits per heavy atom. The van der Waals surface area contributed by atoms with E-state index in [1.54, 1.807) is 15.9 Å². The number of hydrogen-bond donors (Lipinski definition) is 1. The van der Waals surface area contributed by atoms with E-state index in [0.29, 0.717) is 50.7 Å². The van der Waals surface area contributed by atoms with Crippen molar-refractivity contribution in [1.82, 2.24) is 20.1 Å². The topological polar surface area (TPSA) is 98.6 Å². The first-order valence-corrected chi connectivity index (χ1v) is 11.0. The summed E-state index contributed by atoms with van der Waals surface area (Å²) in [7, 11) is 0. The maximum atomic E-state index is 12.6. The zero-order valence-electron chi connectivity index (χ0n) is 17.6. The molecule has 0 radical (unpaired) electrons. The molecule has 2 aromatic rings. The lowest BCUT2D eigenvalue weighted by Gasteiger charge is -2.35. The van der Waals surface area contributed by atoms with E-state index in [4.69, 9.17) is 16.3 Å². The van der Waals surface area contributed by atoms with Gasteiger partial charge >= 0.3 is 6.03 Å². The van der Waals surface area contributed by atoms with Gasteiger partial charge in [-0.05, 0) is 22.8 Å². The fourth-order valence-electron chi connectivity index (χ4n) is 4.21. The van der Waals surface area contributed by atoms with E-state index in [-0.39, 0.29) is 30.3 Å². The Balaban J connectivity index is 1.65. The Morgan fingerprint density at radius 2 is 2.00 bits per heavy atom. The van der Waals surface area contributed by atoms with Crippen LogP contribution >= 0.6 is 11.6 Å². The number of carbonyl (C=O) groups excluding carboxylic acids is 2. The number of rotatable bonds is 4. The van der Waals surface area contributed by atoms with Crippen LogP contribution in [0.2, 0.25) is 0 Å². The van der Waals surface area contributed by atoms with Crippen molar-refractivity contribution in [3.05, 3.63) is 64.5 Å². The number of halogens is 1. The Labute approximate surface area is 191 Å². The number of amides is 3. The van der Waals surface area contributed by atoms with Crippen LogP contribution in [0.1, 0.15) is 33.9 Å². The molecule has 2 aliphatic heterocycles. The number of ether oxygens (including phenoxy) is 1. The second-order valence-corrected chi connectivity index (χ2v) is 8.06. The first kappa shape index (κ1) is 22.1. The molecule has 9 heteroatoms. The summed E-state index contributed by atoms with van der Waals surface area (Å²) in [5.41, 5.74) is 4.05. The molecule has 1 saturated heterocycles. The third-order valence-electron chi connectivity index (χ3n) is 5.88. The summed E-state index contributed by atoms with van der Waals surface area (Å²) in [6, 6.07) is 11.7. The number of morpholine rings is 1. The second-order valence-electron chi connectivity index (χ2n) is 7.79. The van der Waals surface area contributed by atoms with Crippen LogP contribution in [0.25, 0.3) is 0 Å². The van der Waals surface area contributed by atoms with Gasteiger partial charge in [-0.1, -0.05) is 24.3 Å². The van der Waals surface area contributed by atoms with E-state index in [2.05, 4.69) is 16.4 Å². The van der Waals surface area contributed by atoms with E-state index < -0.39 is 0 Å². The van der Waals surface area contributed by atoms with Gasteiger partial charge in [-0.2, -0.15) is 5.26 Å². The van der Waals surface area contributed by atoms with Crippen molar-refractivity contribution in [1.29, 1.82) is 5.26 Å². The first-order chi connectivity index (χ1) is 15.6. The minimum absolute atomic E-state index is 0.0894. The summed E-state index contributed by atoms with van der Waals surface area (Å²) in [5.74, 6) is -0.408. The lowest BCUT2D eigenvalue weighted by molar-refractivity contribution is -0.129. The van der Waals surface area contributed by atoms with Gasteiger partial charge in [0.2, 0.25) is 5.91 Å². The normalized spacial score (nSPS) is 17.9. The fraction of sp³-hybridized carbons (Fsp3) is 0.391. The molecule has 32 heavy (non-hydrogen) atoms. The molecule has 1 fully saturated rings. The average molecular weight is 454 g/mol. The van der Waals surface area contributed by atoms with E-state index in [1.807, 2.05) is 24.3 Å². The van der Waals surface area contributed by atoms with Gasteiger partial charge in [0.1, 0.15) is 11.9 Å². The van der Waals surface area contributed by atoms with E-state index in [1.165, 1.54) is 6.20 Å². The number of urea groups is 1. The number of nitriles is 1. The Hall–Kier alpha value is -3.15. The largest absolute Gasteiger partial charge is 0.378 e. The summed E-state index contributed by atoms with van der Waals surface area (Å²) in [4.78, 5) is 32.9. The van der Waals surface area contributed by atoms with Gasteiger partial charge in [-0.3, -0.25) is 9.78 Å². The highest BCUT2D eigenvalue weighted by Crippen LogP contribution is 2.35. The van der Waals surface area contributed by atoms with E-state index in [0.717, 1.165) is 16.7 Å². The van der Waals surface area contributed by atoms with Crippen molar-refractivity contribution in [2.45, 2.75) is 19.0 Å². The van der Waals surface area contributed by atoms with E-state index >= 15 is 0 Å². The molecule has 4 rings (SSSR count). The van der Waals surface area contributed by atoms with E-state index in [9.17, 15) is 14.9 Å². The monoisotopic (exact) mass is 453 g/mol. The molecule has 0 spiro atoms. The molecule has 0 aliphatic carbocycles. The van der Waals surface area contributed by atoms with Crippen molar-refractivity contribution >= 4 is 23.5 Å². The summed E-state index contributed by atoms with van der Waals surface area (Å²) < 4.78 is 5.30. The number of aromatic nitrogens is 1. The average Bonchev–Trinajstić information content (AvgIpc) is 2.86. The van der Waals surface area contributed by atoms with Gasteiger partial charge in [0.05, 0.1) is 31.0 Å². The van der Waals surface area contributed by atoms with Crippen molar-refractivity contribution in [2.24, 2.45) is 0 Å². The number of carbonyl (C=O) groups is 2. The van der Waals surface area contributed by atoms with Crippen molar-refractivity contribution < 1.29 is 14.3 Å². The molecular weight excluding hydrogens is 430 g/mol. The van der Waals surface area contributed by atoms with Crippen LogP contribution < -0.4 is 5.32 Å². The number of pyridine rings is 1. The molecule has 3 amide bonds. The SMILES string of the molecule is N#Cc1cnc(CNC(=O)N2CCOCC2)c([C@@H]2CN(C(=O)CCl)Cc3ccccc32)c1. The molecule has 3 heterocycles. The van der Waals surface area contributed by atoms with Gasteiger partial charge in [0.25, 0.3) is 0 Å². The lowest BCUT2D eigenvalue weighted by atomic mass is 9.83. The second kappa shape index (κ2) is 9.98. The lowest BCUT2D eigenvalue weighted by Crippen LogP contribution is -2.46. The Bertz CT molecular complexity index is 1050. The van der Waals surface area contributed by atoms with Crippen LogP contribution in [0.15, 0.2) is 36.5 Å². The van der Waals surface area contributed by atoms with Gasteiger partial charge in [-0.15, -0.1) is 11.6 Å². The Morgan fingerprint density at radius 3 is 2.75 bits per heavy atom. The number of fused-ring (bicyclic) bond motifs is 1. The minimum atomic E-state index is -0.178. The van der Waals surface area contributed by atoms with Crippen LogP contribution in [0, 0.1) is 11.3 Å². The van der Waals surface area contributed by atoms with Crippen LogP contribution in [0.4, 0.5) is 4.79 Å². The molecule has 0 saturated carbocycles. The molecular formula is C23H24ClN5O3. The highest BCUT2D eigenvalue weighted by Gasteiger charge is 2.31. The maximum absolute atomic E-state index is 12.6. The molecule has 1 aromatic carbocycles. The number of benzene rings is 1. The Kier molecular flexibility index (Phi) is 6.88. The number of hydrogen-bond acceptors (Lipinski definition) is 5. The van der Waals surface area contributed by atoms with Crippen LogP contribution in [0.5, 0.6) is 0 Å². The third-order valence-corrected chi connectivity index (χ3v) is 6.10. The molecule has 2 aliphatic rings. The summed E-state index contributed by atoms with van der Waals surface area (Å²) in [6.45, 7) is 3.29. The molecule has 8 nitrogen and oxygen atoms in total. The van der Waals surface area contributed by atoms with Crippen molar-refractivity contribution in [3.63, 3.8) is 0 Å². The zero-order chi connectivity index (χ0) is 22.5.